The summed E-state index contributed by atoms with van der Waals surface area (Å²) >= 11 is 0. The molecule has 1 saturated heterocycles. The Balaban J connectivity index is 0.00000361. The van der Waals surface area contributed by atoms with Gasteiger partial charge >= 0.3 is 0 Å². The lowest BCUT2D eigenvalue weighted by molar-refractivity contribution is -0.135. The van der Waals surface area contributed by atoms with Crippen LogP contribution in [0.5, 0.6) is 0 Å². The molecule has 0 aliphatic carbocycles. The van der Waals surface area contributed by atoms with Gasteiger partial charge in [0.25, 0.3) is 6.43 Å². The maximum atomic E-state index is 12.1. The van der Waals surface area contributed by atoms with E-state index in [9.17, 15) is 13.6 Å². The van der Waals surface area contributed by atoms with Gasteiger partial charge in [-0.25, -0.2) is 8.78 Å². The molecule has 1 rings (SSSR count). The van der Waals surface area contributed by atoms with Gasteiger partial charge in [-0.05, 0) is 32.4 Å². The van der Waals surface area contributed by atoms with E-state index in [0.717, 1.165) is 38.9 Å². The summed E-state index contributed by atoms with van der Waals surface area (Å²) in [5.41, 5.74) is 0. The third kappa shape index (κ3) is 7.36. The number of nitrogens with zero attached hydrogens (tertiary/aromatic N) is 1. The molecule has 0 unspecified atom stereocenters. The number of piperidine rings is 1. The highest BCUT2D eigenvalue weighted by atomic mass is 35.5. The summed E-state index contributed by atoms with van der Waals surface area (Å²) in [4.78, 5) is 14.0. The van der Waals surface area contributed by atoms with Crippen molar-refractivity contribution in [2.75, 3.05) is 32.8 Å². The van der Waals surface area contributed by atoms with Crippen LogP contribution in [0.3, 0.4) is 0 Å². The fourth-order valence-electron chi connectivity index (χ4n) is 2.35. The largest absolute Gasteiger partial charge is 0.375 e. The first kappa shape index (κ1) is 19.5. The van der Waals surface area contributed by atoms with Crippen molar-refractivity contribution in [1.82, 2.24) is 10.2 Å². The summed E-state index contributed by atoms with van der Waals surface area (Å²) in [6, 6.07) is 0.281. The van der Waals surface area contributed by atoms with Crippen molar-refractivity contribution in [3.63, 3.8) is 0 Å². The third-order valence-corrected chi connectivity index (χ3v) is 3.24. The van der Waals surface area contributed by atoms with Gasteiger partial charge in [-0.3, -0.25) is 4.79 Å². The van der Waals surface area contributed by atoms with Crippen LogP contribution in [0, 0.1) is 0 Å². The summed E-state index contributed by atoms with van der Waals surface area (Å²) < 4.78 is 28.6. The molecule has 0 aromatic rings. The number of amides is 1. The predicted octanol–water partition coefficient (Wildman–Crippen LogP) is 2.07. The van der Waals surface area contributed by atoms with Gasteiger partial charge in [0.05, 0.1) is 13.0 Å². The van der Waals surface area contributed by atoms with Crippen molar-refractivity contribution in [1.29, 1.82) is 0 Å². The quantitative estimate of drug-likeness (QED) is 0.697. The molecule has 0 spiro atoms. The molecule has 20 heavy (non-hydrogen) atoms. The van der Waals surface area contributed by atoms with Crippen LogP contribution in [0.15, 0.2) is 0 Å². The fourth-order valence-corrected chi connectivity index (χ4v) is 2.35. The van der Waals surface area contributed by atoms with E-state index in [1.165, 1.54) is 0 Å². The number of nitrogens with one attached hydrogen (secondary N) is 1. The van der Waals surface area contributed by atoms with Crippen molar-refractivity contribution >= 4 is 18.3 Å². The lowest BCUT2D eigenvalue weighted by Gasteiger charge is -2.34. The maximum absolute atomic E-state index is 12.1. The second-order valence-electron chi connectivity index (χ2n) is 4.78. The molecule has 1 aliphatic heterocycles. The highest BCUT2D eigenvalue weighted by molar-refractivity contribution is 5.85. The molecule has 4 nitrogen and oxygen atoms in total. The molecule has 1 fully saturated rings. The number of carbonyl (C=O) groups is 1. The first-order valence-corrected chi connectivity index (χ1v) is 7.01. The Kier molecular flexibility index (Phi) is 11.0. The van der Waals surface area contributed by atoms with Crippen molar-refractivity contribution in [3.8, 4) is 0 Å². The van der Waals surface area contributed by atoms with E-state index in [4.69, 9.17) is 4.74 Å². The first-order valence-electron chi connectivity index (χ1n) is 7.01. The number of halogens is 3. The summed E-state index contributed by atoms with van der Waals surface area (Å²) in [5, 5.41) is 3.27. The standard InChI is InChI=1S/C13H24F2N2O2.ClH/c1-2-8-17(11-3-6-16-7-4-11)13(18)5-9-19-10-12(14)15;/h11-12,16H,2-10H2,1H3;1H. The predicted molar refractivity (Wildman–Crippen MR) is 76.6 cm³/mol. The number of hydrogen-bond donors (Lipinski definition) is 1. The van der Waals surface area contributed by atoms with Crippen LogP contribution >= 0.6 is 12.4 Å². The van der Waals surface area contributed by atoms with Crippen LogP contribution in [-0.2, 0) is 9.53 Å². The Morgan fingerprint density at radius 2 is 2.05 bits per heavy atom. The van der Waals surface area contributed by atoms with E-state index in [1.54, 1.807) is 0 Å². The molecular formula is C13H25ClF2N2O2. The van der Waals surface area contributed by atoms with Crippen molar-refractivity contribution < 1.29 is 18.3 Å². The lowest BCUT2D eigenvalue weighted by atomic mass is 10.0. The SMILES string of the molecule is CCCN(C(=O)CCOCC(F)F)C1CCNCC1.Cl. The van der Waals surface area contributed by atoms with Crippen LogP contribution in [0.4, 0.5) is 8.78 Å². The highest BCUT2D eigenvalue weighted by Crippen LogP contribution is 2.14. The zero-order valence-corrected chi connectivity index (χ0v) is 12.8. The van der Waals surface area contributed by atoms with Crippen LogP contribution in [0.2, 0.25) is 0 Å². The van der Waals surface area contributed by atoms with Crippen LogP contribution in [0.1, 0.15) is 32.6 Å². The Hall–Kier alpha value is -0.460. The number of ether oxygens (including phenoxy) is 1. The van der Waals surface area contributed by atoms with Crippen LogP contribution in [0.25, 0.3) is 0 Å². The Morgan fingerprint density at radius 3 is 2.60 bits per heavy atom. The van der Waals surface area contributed by atoms with E-state index in [1.807, 2.05) is 11.8 Å². The zero-order chi connectivity index (χ0) is 14.1. The van der Waals surface area contributed by atoms with Gasteiger partial charge in [-0.2, -0.15) is 0 Å². The second kappa shape index (κ2) is 11.2. The number of alkyl halides is 2. The van der Waals surface area contributed by atoms with E-state index < -0.39 is 13.0 Å². The lowest BCUT2D eigenvalue weighted by Crippen LogP contribution is -2.46. The van der Waals surface area contributed by atoms with E-state index in [2.05, 4.69) is 5.32 Å². The summed E-state index contributed by atoms with van der Waals surface area (Å²) in [6.07, 6.45) is 0.559. The third-order valence-electron chi connectivity index (χ3n) is 3.24. The van der Waals surface area contributed by atoms with Crippen molar-refractivity contribution in [3.05, 3.63) is 0 Å². The molecule has 1 N–H and O–H groups in total. The molecule has 120 valence electrons. The van der Waals surface area contributed by atoms with Gasteiger partial charge in [0.2, 0.25) is 5.91 Å². The van der Waals surface area contributed by atoms with Gasteiger partial charge in [0, 0.05) is 12.6 Å². The molecule has 1 aliphatic rings. The summed E-state index contributed by atoms with van der Waals surface area (Å²) in [6.45, 7) is 4.12. The molecule has 0 radical (unpaired) electrons. The molecule has 0 aromatic heterocycles. The number of carbonyl (C=O) groups excluding carboxylic acids is 1. The second-order valence-corrected chi connectivity index (χ2v) is 4.78. The minimum absolute atomic E-state index is 0. The molecule has 0 bridgehead atoms. The summed E-state index contributed by atoms with van der Waals surface area (Å²) in [5.74, 6) is 0.0167. The monoisotopic (exact) mass is 314 g/mol. The minimum atomic E-state index is -2.47. The van der Waals surface area contributed by atoms with Crippen LogP contribution in [-0.4, -0.2) is 56.1 Å². The van der Waals surface area contributed by atoms with Gasteiger partial charge in [-0.1, -0.05) is 6.92 Å². The Morgan fingerprint density at radius 1 is 1.40 bits per heavy atom. The Bertz CT molecular complexity index is 265. The highest BCUT2D eigenvalue weighted by Gasteiger charge is 2.24. The average molecular weight is 315 g/mol. The number of hydrogen-bond acceptors (Lipinski definition) is 3. The van der Waals surface area contributed by atoms with Gasteiger partial charge in [0.15, 0.2) is 0 Å². The zero-order valence-electron chi connectivity index (χ0n) is 11.9. The molecular weight excluding hydrogens is 290 g/mol. The fraction of sp³-hybridized carbons (Fsp3) is 0.923. The number of rotatable bonds is 8. The first-order chi connectivity index (χ1) is 9.15. The molecule has 0 aromatic carbocycles. The maximum Gasteiger partial charge on any atom is 0.261 e. The summed E-state index contributed by atoms with van der Waals surface area (Å²) in [7, 11) is 0. The topological polar surface area (TPSA) is 41.6 Å². The van der Waals surface area contributed by atoms with Crippen molar-refractivity contribution in [2.24, 2.45) is 0 Å². The van der Waals surface area contributed by atoms with Crippen molar-refractivity contribution in [2.45, 2.75) is 45.1 Å². The van der Waals surface area contributed by atoms with E-state index in [-0.39, 0.29) is 37.4 Å². The molecule has 1 amide bonds. The smallest absolute Gasteiger partial charge is 0.261 e. The molecule has 1 heterocycles. The van der Waals surface area contributed by atoms with Gasteiger partial charge < -0.3 is 15.0 Å². The van der Waals surface area contributed by atoms with E-state index >= 15 is 0 Å². The van der Waals surface area contributed by atoms with Crippen LogP contribution < -0.4 is 5.32 Å². The van der Waals surface area contributed by atoms with Gasteiger partial charge in [-0.15, -0.1) is 12.4 Å². The molecule has 0 atom stereocenters. The molecule has 0 saturated carbocycles. The normalized spacial score (nSPS) is 16.0. The Labute approximate surface area is 125 Å². The van der Waals surface area contributed by atoms with E-state index in [0.29, 0.717) is 0 Å². The average Bonchev–Trinajstić information content (AvgIpc) is 2.41. The minimum Gasteiger partial charge on any atom is -0.375 e. The van der Waals surface area contributed by atoms with Gasteiger partial charge in [0.1, 0.15) is 6.61 Å². The molecule has 7 heteroatoms.